The van der Waals surface area contributed by atoms with Crippen LogP contribution >= 0.6 is 0 Å². The zero-order valence-corrected chi connectivity index (χ0v) is 9.71. The maximum atomic E-state index is 5.60. The zero-order chi connectivity index (χ0) is 12.1. The minimum Gasteiger partial charge on any atom is -0.489 e. The van der Waals surface area contributed by atoms with Gasteiger partial charge in [-0.05, 0) is 6.92 Å². The lowest BCUT2D eigenvalue weighted by Crippen LogP contribution is -2.23. The van der Waals surface area contributed by atoms with Crippen molar-refractivity contribution in [3.8, 4) is 17.1 Å². The summed E-state index contributed by atoms with van der Waals surface area (Å²) in [5, 5.41) is 0. The average Bonchev–Trinajstić information content (AvgIpc) is 2.38. The van der Waals surface area contributed by atoms with Crippen molar-refractivity contribution in [1.82, 2.24) is 9.97 Å². The molecule has 2 rings (SSSR count). The summed E-state index contributed by atoms with van der Waals surface area (Å²) < 4.78 is 5.41. The van der Waals surface area contributed by atoms with Gasteiger partial charge in [0.25, 0.3) is 0 Å². The van der Waals surface area contributed by atoms with Crippen molar-refractivity contribution in [2.75, 3.05) is 6.61 Å². The summed E-state index contributed by atoms with van der Waals surface area (Å²) in [6, 6.07) is 9.82. The Labute approximate surface area is 100 Å². The third-order valence-electron chi connectivity index (χ3n) is 2.17. The van der Waals surface area contributed by atoms with Crippen LogP contribution in [0.1, 0.15) is 6.92 Å². The first-order valence-corrected chi connectivity index (χ1v) is 5.51. The molecule has 1 heterocycles. The molecule has 0 saturated heterocycles. The van der Waals surface area contributed by atoms with Crippen molar-refractivity contribution < 1.29 is 4.74 Å². The van der Waals surface area contributed by atoms with Crippen LogP contribution in [0.25, 0.3) is 11.4 Å². The van der Waals surface area contributed by atoms with Crippen LogP contribution in [0, 0.1) is 0 Å². The number of hydrogen-bond acceptors (Lipinski definition) is 4. The second kappa shape index (κ2) is 5.41. The summed E-state index contributed by atoms with van der Waals surface area (Å²) in [4.78, 5) is 8.50. The van der Waals surface area contributed by atoms with Crippen molar-refractivity contribution in [2.45, 2.75) is 13.0 Å². The van der Waals surface area contributed by atoms with E-state index in [0.717, 1.165) is 5.56 Å². The van der Waals surface area contributed by atoms with E-state index in [4.69, 9.17) is 10.5 Å². The van der Waals surface area contributed by atoms with E-state index in [-0.39, 0.29) is 6.04 Å². The van der Waals surface area contributed by atoms with Crippen LogP contribution in [0.15, 0.2) is 42.7 Å². The van der Waals surface area contributed by atoms with Gasteiger partial charge in [-0.3, -0.25) is 0 Å². The molecule has 17 heavy (non-hydrogen) atoms. The highest BCUT2D eigenvalue weighted by Gasteiger charge is 2.01. The summed E-state index contributed by atoms with van der Waals surface area (Å²) in [6.07, 6.45) is 3.33. The molecule has 0 bridgehead atoms. The summed E-state index contributed by atoms with van der Waals surface area (Å²) in [5.74, 6) is 1.33. The molecule has 0 amide bonds. The summed E-state index contributed by atoms with van der Waals surface area (Å²) >= 11 is 0. The SMILES string of the molecule is CC(N)COc1cnc(-c2ccccc2)nc1. The Morgan fingerprint density at radius 1 is 1.18 bits per heavy atom. The molecule has 88 valence electrons. The van der Waals surface area contributed by atoms with Crippen molar-refractivity contribution in [3.05, 3.63) is 42.7 Å². The molecule has 0 aliphatic heterocycles. The molecule has 2 N–H and O–H groups in total. The van der Waals surface area contributed by atoms with E-state index in [1.807, 2.05) is 37.3 Å². The Morgan fingerprint density at radius 3 is 2.41 bits per heavy atom. The lowest BCUT2D eigenvalue weighted by Gasteiger charge is -2.08. The summed E-state index contributed by atoms with van der Waals surface area (Å²) in [6.45, 7) is 2.35. The molecule has 1 atom stereocenters. The largest absolute Gasteiger partial charge is 0.489 e. The van der Waals surface area contributed by atoms with Crippen LogP contribution in [-0.2, 0) is 0 Å². The van der Waals surface area contributed by atoms with Crippen molar-refractivity contribution in [2.24, 2.45) is 5.73 Å². The number of benzene rings is 1. The van der Waals surface area contributed by atoms with Crippen molar-refractivity contribution >= 4 is 0 Å². The van der Waals surface area contributed by atoms with E-state index in [2.05, 4.69) is 9.97 Å². The maximum Gasteiger partial charge on any atom is 0.159 e. The van der Waals surface area contributed by atoms with E-state index in [9.17, 15) is 0 Å². The third-order valence-corrected chi connectivity index (χ3v) is 2.17. The maximum absolute atomic E-state index is 5.60. The summed E-state index contributed by atoms with van der Waals surface area (Å²) in [5.41, 5.74) is 6.59. The van der Waals surface area contributed by atoms with E-state index >= 15 is 0 Å². The lowest BCUT2D eigenvalue weighted by molar-refractivity contribution is 0.294. The highest BCUT2D eigenvalue weighted by atomic mass is 16.5. The molecule has 0 radical (unpaired) electrons. The molecule has 0 saturated carbocycles. The predicted octanol–water partition coefficient (Wildman–Crippen LogP) is 1.87. The quantitative estimate of drug-likeness (QED) is 0.869. The minimum absolute atomic E-state index is 0.00352. The van der Waals surface area contributed by atoms with Gasteiger partial charge < -0.3 is 10.5 Å². The molecular weight excluding hydrogens is 214 g/mol. The first kappa shape index (κ1) is 11.5. The Kier molecular flexibility index (Phi) is 3.67. The number of ether oxygens (including phenoxy) is 1. The zero-order valence-electron chi connectivity index (χ0n) is 9.71. The molecule has 2 aromatic rings. The van der Waals surface area contributed by atoms with E-state index in [1.165, 1.54) is 0 Å². The number of nitrogens with two attached hydrogens (primary N) is 1. The van der Waals surface area contributed by atoms with Gasteiger partial charge in [0.15, 0.2) is 11.6 Å². The predicted molar refractivity (Wildman–Crippen MR) is 66.6 cm³/mol. The van der Waals surface area contributed by atoms with Gasteiger partial charge in [-0.2, -0.15) is 0 Å². The van der Waals surface area contributed by atoms with Crippen LogP contribution in [-0.4, -0.2) is 22.6 Å². The van der Waals surface area contributed by atoms with Gasteiger partial charge >= 0.3 is 0 Å². The highest BCUT2D eigenvalue weighted by molar-refractivity contribution is 5.54. The fourth-order valence-corrected chi connectivity index (χ4v) is 1.35. The molecule has 4 nitrogen and oxygen atoms in total. The normalized spacial score (nSPS) is 12.1. The van der Waals surface area contributed by atoms with Gasteiger partial charge in [0.05, 0.1) is 12.4 Å². The second-order valence-corrected chi connectivity index (χ2v) is 3.90. The molecule has 0 aliphatic rings. The van der Waals surface area contributed by atoms with Crippen LogP contribution in [0.3, 0.4) is 0 Å². The molecule has 4 heteroatoms. The van der Waals surface area contributed by atoms with Gasteiger partial charge in [0.2, 0.25) is 0 Å². The fourth-order valence-electron chi connectivity index (χ4n) is 1.35. The van der Waals surface area contributed by atoms with Gasteiger partial charge in [-0.15, -0.1) is 0 Å². The van der Waals surface area contributed by atoms with Gasteiger partial charge in [-0.25, -0.2) is 9.97 Å². The Bertz CT molecular complexity index is 454. The lowest BCUT2D eigenvalue weighted by atomic mass is 10.2. The second-order valence-electron chi connectivity index (χ2n) is 3.90. The van der Waals surface area contributed by atoms with Crippen LogP contribution < -0.4 is 10.5 Å². The monoisotopic (exact) mass is 229 g/mol. The molecule has 0 aliphatic carbocycles. The number of rotatable bonds is 4. The van der Waals surface area contributed by atoms with Crippen LogP contribution in [0.2, 0.25) is 0 Å². The smallest absolute Gasteiger partial charge is 0.159 e. The van der Waals surface area contributed by atoms with Crippen LogP contribution in [0.4, 0.5) is 0 Å². The van der Waals surface area contributed by atoms with E-state index in [1.54, 1.807) is 12.4 Å². The third kappa shape index (κ3) is 3.26. The number of hydrogen-bond donors (Lipinski definition) is 1. The van der Waals surface area contributed by atoms with E-state index in [0.29, 0.717) is 18.2 Å². The Morgan fingerprint density at radius 2 is 1.82 bits per heavy atom. The molecule has 0 fully saturated rings. The molecule has 1 aromatic carbocycles. The molecule has 1 aromatic heterocycles. The highest BCUT2D eigenvalue weighted by Crippen LogP contribution is 2.15. The minimum atomic E-state index is 0.00352. The average molecular weight is 229 g/mol. The van der Waals surface area contributed by atoms with Gasteiger partial charge in [-0.1, -0.05) is 30.3 Å². The Hall–Kier alpha value is -1.94. The topological polar surface area (TPSA) is 61.0 Å². The van der Waals surface area contributed by atoms with E-state index < -0.39 is 0 Å². The fraction of sp³-hybridized carbons (Fsp3) is 0.231. The standard InChI is InChI=1S/C13H15N3O/c1-10(14)9-17-12-7-15-13(16-8-12)11-5-3-2-4-6-11/h2-8,10H,9,14H2,1H3. The number of aromatic nitrogens is 2. The van der Waals surface area contributed by atoms with Gasteiger partial charge in [0, 0.05) is 11.6 Å². The van der Waals surface area contributed by atoms with Gasteiger partial charge in [0.1, 0.15) is 6.61 Å². The molecule has 1 unspecified atom stereocenters. The first-order chi connectivity index (χ1) is 8.25. The first-order valence-electron chi connectivity index (χ1n) is 5.51. The molecular formula is C13H15N3O. The Balaban J connectivity index is 2.08. The van der Waals surface area contributed by atoms with Crippen LogP contribution in [0.5, 0.6) is 5.75 Å². The summed E-state index contributed by atoms with van der Waals surface area (Å²) in [7, 11) is 0. The number of nitrogens with zero attached hydrogens (tertiary/aromatic N) is 2. The van der Waals surface area contributed by atoms with Crippen molar-refractivity contribution in [1.29, 1.82) is 0 Å². The van der Waals surface area contributed by atoms with Crippen molar-refractivity contribution in [3.63, 3.8) is 0 Å². The molecule has 0 spiro atoms.